The quantitative estimate of drug-likeness (QED) is 0.227. The lowest BCUT2D eigenvalue weighted by atomic mass is 9.92. The first-order chi connectivity index (χ1) is 20.9. The third-order valence-electron chi connectivity index (χ3n) is 7.12. The molecule has 43 heavy (non-hydrogen) atoms. The zero-order valence-corrected chi connectivity index (χ0v) is 23.1. The molecular weight excluding hydrogens is 555 g/mol. The Bertz CT molecular complexity index is 1830. The number of fused-ring (bicyclic) bond motifs is 1. The monoisotopic (exact) mass is 582 g/mol. The fourth-order valence-electron chi connectivity index (χ4n) is 4.97. The first-order valence-corrected chi connectivity index (χ1v) is 13.5. The maximum Gasteiger partial charge on any atom is 0.260 e. The summed E-state index contributed by atoms with van der Waals surface area (Å²) in [6.07, 6.45) is 8.66. The van der Waals surface area contributed by atoms with Crippen LogP contribution in [0.25, 0.3) is 11.0 Å². The number of carbonyl (C=O) groups is 2. The third-order valence-corrected chi connectivity index (χ3v) is 7.12. The van der Waals surface area contributed by atoms with Gasteiger partial charge in [-0.25, -0.2) is 19.3 Å². The van der Waals surface area contributed by atoms with Crippen LogP contribution >= 0.6 is 0 Å². The number of aromatic amines is 1. The van der Waals surface area contributed by atoms with Crippen LogP contribution in [0, 0.1) is 5.82 Å². The predicted octanol–water partition coefficient (Wildman–Crippen LogP) is 4.30. The molecule has 0 saturated carbocycles. The second-order valence-corrected chi connectivity index (χ2v) is 9.96. The van der Waals surface area contributed by atoms with Crippen molar-refractivity contribution in [3.63, 3.8) is 0 Å². The molecule has 0 unspecified atom stereocenters. The van der Waals surface area contributed by atoms with Gasteiger partial charge in [-0.3, -0.25) is 19.4 Å². The molecule has 1 aliphatic rings. The zero-order chi connectivity index (χ0) is 29.9. The average Bonchev–Trinajstić information content (AvgIpc) is 3.65. The van der Waals surface area contributed by atoms with Gasteiger partial charge < -0.3 is 20.3 Å². The Morgan fingerprint density at radius 3 is 2.70 bits per heavy atom. The van der Waals surface area contributed by atoms with E-state index in [1.165, 1.54) is 41.6 Å². The third kappa shape index (κ3) is 5.88. The summed E-state index contributed by atoms with van der Waals surface area (Å²) in [6.45, 7) is 4.74. The molecule has 1 fully saturated rings. The van der Waals surface area contributed by atoms with E-state index < -0.39 is 5.82 Å². The number of H-pyrrole nitrogens is 1. The van der Waals surface area contributed by atoms with Gasteiger partial charge in [0.1, 0.15) is 35.3 Å². The number of hydrogen-bond donors (Lipinski definition) is 3. The molecule has 0 radical (unpaired) electrons. The van der Waals surface area contributed by atoms with Crippen molar-refractivity contribution in [1.29, 1.82) is 0 Å². The van der Waals surface area contributed by atoms with Gasteiger partial charge in [0.2, 0.25) is 5.91 Å². The number of nitrogens with one attached hydrogen (secondary N) is 3. The van der Waals surface area contributed by atoms with E-state index in [4.69, 9.17) is 4.74 Å². The predicted molar refractivity (Wildman–Crippen MR) is 156 cm³/mol. The van der Waals surface area contributed by atoms with E-state index in [0.29, 0.717) is 41.3 Å². The number of anilines is 3. The summed E-state index contributed by atoms with van der Waals surface area (Å²) in [5.74, 6) is 0.345. The Labute approximate surface area is 244 Å². The highest BCUT2D eigenvalue weighted by atomic mass is 19.1. The Hall–Kier alpha value is -5.66. The number of nitrogens with zero attached hydrogens (tertiary/aromatic N) is 7. The van der Waals surface area contributed by atoms with Crippen molar-refractivity contribution in [2.24, 2.45) is 7.05 Å². The summed E-state index contributed by atoms with van der Waals surface area (Å²) in [4.78, 5) is 39.0. The molecule has 5 heterocycles. The summed E-state index contributed by atoms with van der Waals surface area (Å²) in [6, 6.07) is 7.54. The van der Waals surface area contributed by atoms with Crippen molar-refractivity contribution < 1.29 is 18.7 Å². The van der Waals surface area contributed by atoms with Gasteiger partial charge in [-0.1, -0.05) is 6.58 Å². The van der Waals surface area contributed by atoms with Crippen molar-refractivity contribution >= 4 is 40.2 Å². The van der Waals surface area contributed by atoms with E-state index in [1.54, 1.807) is 36.3 Å². The van der Waals surface area contributed by atoms with E-state index >= 15 is 4.39 Å². The van der Waals surface area contributed by atoms with Crippen molar-refractivity contribution in [2.45, 2.75) is 18.8 Å². The van der Waals surface area contributed by atoms with Gasteiger partial charge >= 0.3 is 0 Å². The van der Waals surface area contributed by atoms with Crippen molar-refractivity contribution in [3.8, 4) is 11.5 Å². The number of rotatable bonds is 8. The number of hydrogen-bond acceptors (Lipinski definition) is 9. The van der Waals surface area contributed by atoms with Crippen LogP contribution in [0.3, 0.4) is 0 Å². The summed E-state index contributed by atoms with van der Waals surface area (Å²) in [5.41, 5.74) is 1.87. The van der Waals surface area contributed by atoms with Crippen molar-refractivity contribution in [3.05, 3.63) is 85.0 Å². The van der Waals surface area contributed by atoms with E-state index in [-0.39, 0.29) is 35.0 Å². The van der Waals surface area contributed by atoms with Crippen molar-refractivity contribution in [1.82, 2.24) is 39.8 Å². The molecule has 0 spiro atoms. The van der Waals surface area contributed by atoms with Crippen molar-refractivity contribution in [2.75, 3.05) is 23.7 Å². The van der Waals surface area contributed by atoms with Gasteiger partial charge in [0.05, 0.1) is 28.5 Å². The number of aromatic nitrogens is 7. The fourth-order valence-corrected chi connectivity index (χ4v) is 4.97. The maximum absolute atomic E-state index is 15.3. The first-order valence-electron chi connectivity index (χ1n) is 13.5. The van der Waals surface area contributed by atoms with Gasteiger partial charge in [-0.2, -0.15) is 10.2 Å². The number of halogens is 1. The molecule has 0 bridgehead atoms. The highest BCUT2D eigenvalue weighted by Crippen LogP contribution is 2.35. The normalized spacial score (nSPS) is 13.6. The Morgan fingerprint density at radius 1 is 1.14 bits per heavy atom. The lowest BCUT2D eigenvalue weighted by Gasteiger charge is -2.30. The topological polar surface area (TPSA) is 156 Å². The Balaban J connectivity index is 1.16. The average molecular weight is 583 g/mol. The van der Waals surface area contributed by atoms with E-state index in [1.807, 2.05) is 0 Å². The standard InChI is InChI=1S/C29H27FN10O3/c1-3-24(41)40-10-7-17(8-11-40)26-25-27(32-16-33-28(25)38-37-26)35-22-5-4-19(12-21(22)30)43-20-6-9-31-23(13-20)36-29(42)18-14-34-39(2)15-18/h3-6,9,12-17H,1,7-8,10-11H2,2H3,(H,31,36,42)(H2,32,33,35,37,38). The van der Waals surface area contributed by atoms with Crippen LogP contribution in [-0.4, -0.2) is 64.7 Å². The minimum Gasteiger partial charge on any atom is -0.457 e. The lowest BCUT2D eigenvalue weighted by molar-refractivity contribution is -0.127. The number of carbonyl (C=O) groups excluding carboxylic acids is 2. The largest absolute Gasteiger partial charge is 0.457 e. The number of pyridine rings is 1. The first kappa shape index (κ1) is 27.5. The molecule has 14 heteroatoms. The van der Waals surface area contributed by atoms with Gasteiger partial charge in [-0.15, -0.1) is 0 Å². The number of amides is 2. The van der Waals surface area contributed by atoms with Gasteiger partial charge in [0.25, 0.3) is 5.91 Å². The smallest absolute Gasteiger partial charge is 0.260 e. The minimum atomic E-state index is -0.565. The lowest BCUT2D eigenvalue weighted by Crippen LogP contribution is -2.36. The molecule has 0 aliphatic carbocycles. The zero-order valence-electron chi connectivity index (χ0n) is 23.1. The van der Waals surface area contributed by atoms with Crippen LogP contribution in [0.4, 0.5) is 21.7 Å². The van der Waals surface area contributed by atoms with Gasteiger partial charge in [-0.05, 0) is 37.1 Å². The molecule has 2 amide bonds. The summed E-state index contributed by atoms with van der Waals surface area (Å²) in [7, 11) is 1.72. The second kappa shape index (κ2) is 11.7. The van der Waals surface area contributed by atoms with Gasteiger partial charge in [0.15, 0.2) is 5.65 Å². The minimum absolute atomic E-state index is 0.0779. The number of piperidine rings is 1. The molecule has 1 aromatic carbocycles. The molecule has 5 aromatic rings. The molecule has 13 nitrogen and oxygen atoms in total. The SMILES string of the molecule is C=CC(=O)N1CCC(c2n[nH]c3ncnc(Nc4ccc(Oc5ccnc(NC(=O)c6cnn(C)c6)c5)cc4F)c23)CC1. The van der Waals surface area contributed by atoms with E-state index in [2.05, 4.69) is 47.5 Å². The number of ether oxygens (including phenoxy) is 1. The molecule has 218 valence electrons. The maximum atomic E-state index is 15.3. The Kier molecular flexibility index (Phi) is 7.47. The summed E-state index contributed by atoms with van der Waals surface area (Å²) in [5, 5.41) is 17.9. The van der Waals surface area contributed by atoms with E-state index in [0.717, 1.165) is 18.5 Å². The fraction of sp³-hybridized carbons (Fsp3) is 0.207. The molecule has 4 aromatic heterocycles. The molecule has 0 atom stereocenters. The highest BCUT2D eigenvalue weighted by molar-refractivity contribution is 6.03. The number of benzene rings is 1. The molecule has 6 rings (SSSR count). The Morgan fingerprint density at radius 2 is 1.95 bits per heavy atom. The second-order valence-electron chi connectivity index (χ2n) is 9.96. The van der Waals surface area contributed by atoms with Gasteiger partial charge in [0, 0.05) is 50.6 Å². The van der Waals surface area contributed by atoms with Crippen LogP contribution < -0.4 is 15.4 Å². The van der Waals surface area contributed by atoms with Crippen LogP contribution in [0.5, 0.6) is 11.5 Å². The van der Waals surface area contributed by atoms with Crippen LogP contribution in [0.1, 0.15) is 34.8 Å². The van der Waals surface area contributed by atoms with E-state index in [9.17, 15) is 9.59 Å². The number of aryl methyl sites for hydroxylation is 1. The molecular formula is C29H27FN10O3. The molecule has 1 aliphatic heterocycles. The van der Waals surface area contributed by atoms with Crippen LogP contribution in [0.2, 0.25) is 0 Å². The number of likely N-dealkylation sites (tertiary alicyclic amines) is 1. The van der Waals surface area contributed by atoms with Crippen LogP contribution in [0.15, 0.2) is 67.9 Å². The summed E-state index contributed by atoms with van der Waals surface area (Å²) < 4.78 is 22.6. The molecule has 3 N–H and O–H groups in total. The highest BCUT2D eigenvalue weighted by Gasteiger charge is 2.27. The summed E-state index contributed by atoms with van der Waals surface area (Å²) >= 11 is 0. The van der Waals surface area contributed by atoms with Crippen LogP contribution in [-0.2, 0) is 11.8 Å². The molecule has 1 saturated heterocycles.